The fourth-order valence-corrected chi connectivity index (χ4v) is 1.92. The Labute approximate surface area is 90.8 Å². The molecule has 13 heavy (non-hydrogen) atoms. The molecule has 1 aromatic rings. The highest BCUT2D eigenvalue weighted by Crippen LogP contribution is 2.25. The average Bonchev–Trinajstić information content (AvgIpc) is 2.46. The summed E-state index contributed by atoms with van der Waals surface area (Å²) in [6.07, 6.45) is 0.0209. The lowest BCUT2D eigenvalue weighted by atomic mass is 10.1. The zero-order chi connectivity index (χ0) is 9.84. The SMILES string of the molecule is CCOC(c1nsc(Br)n1)C(C)C. The number of halogens is 1. The normalized spacial score (nSPS) is 13.6. The maximum atomic E-state index is 5.56. The van der Waals surface area contributed by atoms with Crippen LogP contribution in [0, 0.1) is 5.92 Å². The topological polar surface area (TPSA) is 35.0 Å². The minimum atomic E-state index is 0.0209. The Morgan fingerprint density at radius 3 is 2.62 bits per heavy atom. The fourth-order valence-electron chi connectivity index (χ4n) is 1.08. The van der Waals surface area contributed by atoms with E-state index >= 15 is 0 Å². The summed E-state index contributed by atoms with van der Waals surface area (Å²) in [5, 5.41) is 0. The molecule has 0 bridgehead atoms. The van der Waals surface area contributed by atoms with E-state index in [1.807, 2.05) is 6.92 Å². The number of nitrogens with zero attached hydrogens (tertiary/aromatic N) is 2. The van der Waals surface area contributed by atoms with Crippen LogP contribution in [0.2, 0.25) is 0 Å². The van der Waals surface area contributed by atoms with E-state index in [-0.39, 0.29) is 6.10 Å². The Kier molecular flexibility index (Phi) is 4.28. The van der Waals surface area contributed by atoms with Gasteiger partial charge in [0.25, 0.3) is 0 Å². The molecule has 1 heterocycles. The highest BCUT2D eigenvalue weighted by atomic mass is 79.9. The average molecular weight is 265 g/mol. The number of ether oxygens (including phenoxy) is 1. The molecule has 1 rings (SSSR count). The van der Waals surface area contributed by atoms with Crippen molar-refractivity contribution < 1.29 is 4.74 Å². The molecule has 0 amide bonds. The van der Waals surface area contributed by atoms with Crippen LogP contribution in [0.25, 0.3) is 0 Å². The smallest absolute Gasteiger partial charge is 0.179 e. The summed E-state index contributed by atoms with van der Waals surface area (Å²) in [7, 11) is 0. The van der Waals surface area contributed by atoms with Gasteiger partial charge in [0.05, 0.1) is 0 Å². The van der Waals surface area contributed by atoms with Gasteiger partial charge in [0.15, 0.2) is 9.74 Å². The maximum Gasteiger partial charge on any atom is 0.179 e. The summed E-state index contributed by atoms with van der Waals surface area (Å²) in [5.74, 6) is 1.19. The van der Waals surface area contributed by atoms with E-state index in [4.69, 9.17) is 4.74 Å². The van der Waals surface area contributed by atoms with Gasteiger partial charge in [-0.05, 0) is 40.3 Å². The Morgan fingerprint density at radius 1 is 1.54 bits per heavy atom. The number of hydrogen-bond donors (Lipinski definition) is 0. The second-order valence-electron chi connectivity index (χ2n) is 3.03. The Morgan fingerprint density at radius 2 is 2.23 bits per heavy atom. The van der Waals surface area contributed by atoms with E-state index in [1.54, 1.807) is 0 Å². The van der Waals surface area contributed by atoms with Gasteiger partial charge < -0.3 is 4.74 Å². The van der Waals surface area contributed by atoms with E-state index in [0.29, 0.717) is 12.5 Å². The largest absolute Gasteiger partial charge is 0.370 e. The number of rotatable bonds is 4. The lowest BCUT2D eigenvalue weighted by Gasteiger charge is -2.16. The molecule has 0 aliphatic carbocycles. The van der Waals surface area contributed by atoms with E-state index in [2.05, 4.69) is 39.1 Å². The van der Waals surface area contributed by atoms with Crippen LogP contribution in [0.4, 0.5) is 0 Å². The first-order chi connectivity index (χ1) is 6.15. The summed E-state index contributed by atoms with van der Waals surface area (Å²) < 4.78 is 10.6. The van der Waals surface area contributed by atoms with Crippen LogP contribution in [0.5, 0.6) is 0 Å². The molecule has 0 fully saturated rings. The predicted molar refractivity (Wildman–Crippen MR) is 56.8 cm³/mol. The van der Waals surface area contributed by atoms with Gasteiger partial charge in [-0.1, -0.05) is 13.8 Å². The second-order valence-corrected chi connectivity index (χ2v) is 5.05. The molecule has 0 saturated heterocycles. The van der Waals surface area contributed by atoms with Gasteiger partial charge >= 0.3 is 0 Å². The molecule has 0 N–H and O–H groups in total. The van der Waals surface area contributed by atoms with Crippen LogP contribution in [-0.2, 0) is 4.74 Å². The lowest BCUT2D eigenvalue weighted by Crippen LogP contribution is -2.12. The zero-order valence-electron chi connectivity index (χ0n) is 7.95. The molecule has 0 spiro atoms. The van der Waals surface area contributed by atoms with Crippen LogP contribution < -0.4 is 0 Å². The van der Waals surface area contributed by atoms with Crippen LogP contribution in [-0.4, -0.2) is 16.0 Å². The van der Waals surface area contributed by atoms with Crippen molar-refractivity contribution in [3.63, 3.8) is 0 Å². The molecular formula is C8H13BrN2OS. The van der Waals surface area contributed by atoms with Crippen molar-refractivity contribution in [2.24, 2.45) is 5.92 Å². The van der Waals surface area contributed by atoms with Crippen molar-refractivity contribution in [1.82, 2.24) is 9.36 Å². The summed E-state index contributed by atoms with van der Waals surface area (Å²) in [6, 6.07) is 0. The minimum absolute atomic E-state index is 0.0209. The lowest BCUT2D eigenvalue weighted by molar-refractivity contribution is 0.0240. The molecular weight excluding hydrogens is 252 g/mol. The number of hydrogen-bond acceptors (Lipinski definition) is 4. The molecule has 5 heteroatoms. The first-order valence-corrected chi connectivity index (χ1v) is 5.82. The van der Waals surface area contributed by atoms with Crippen LogP contribution in [0.3, 0.4) is 0 Å². The number of aromatic nitrogens is 2. The van der Waals surface area contributed by atoms with Crippen LogP contribution >= 0.6 is 27.5 Å². The molecule has 0 radical (unpaired) electrons. The van der Waals surface area contributed by atoms with Gasteiger partial charge in [-0.3, -0.25) is 0 Å². The Balaban J connectivity index is 2.75. The summed E-state index contributed by atoms with van der Waals surface area (Å²) >= 11 is 4.64. The van der Waals surface area contributed by atoms with Crippen molar-refractivity contribution in [3.8, 4) is 0 Å². The molecule has 1 unspecified atom stereocenters. The second kappa shape index (κ2) is 5.02. The first kappa shape index (κ1) is 11.1. The van der Waals surface area contributed by atoms with Crippen LogP contribution in [0.1, 0.15) is 32.7 Å². The van der Waals surface area contributed by atoms with Crippen molar-refractivity contribution in [2.75, 3.05) is 6.61 Å². The highest BCUT2D eigenvalue weighted by molar-refractivity contribution is 9.11. The summed E-state index contributed by atoms with van der Waals surface area (Å²) in [5.41, 5.74) is 0. The van der Waals surface area contributed by atoms with E-state index in [0.717, 1.165) is 9.74 Å². The van der Waals surface area contributed by atoms with E-state index in [1.165, 1.54) is 11.5 Å². The van der Waals surface area contributed by atoms with Gasteiger partial charge in [-0.25, -0.2) is 4.98 Å². The van der Waals surface area contributed by atoms with Gasteiger partial charge in [-0.2, -0.15) is 4.37 Å². The third-order valence-corrected chi connectivity index (χ3v) is 2.76. The molecule has 74 valence electrons. The third kappa shape index (κ3) is 3.00. The van der Waals surface area contributed by atoms with Crippen molar-refractivity contribution in [3.05, 3.63) is 9.74 Å². The molecule has 1 atom stereocenters. The van der Waals surface area contributed by atoms with E-state index in [9.17, 15) is 0 Å². The molecule has 0 aromatic carbocycles. The monoisotopic (exact) mass is 264 g/mol. The van der Waals surface area contributed by atoms with Crippen molar-refractivity contribution in [2.45, 2.75) is 26.9 Å². The molecule has 0 aliphatic heterocycles. The highest BCUT2D eigenvalue weighted by Gasteiger charge is 2.20. The quantitative estimate of drug-likeness (QED) is 0.839. The predicted octanol–water partition coefficient (Wildman–Crippen LogP) is 3.03. The van der Waals surface area contributed by atoms with Crippen molar-refractivity contribution in [1.29, 1.82) is 0 Å². The van der Waals surface area contributed by atoms with Gasteiger partial charge in [0, 0.05) is 6.61 Å². The zero-order valence-corrected chi connectivity index (χ0v) is 10.4. The van der Waals surface area contributed by atoms with E-state index < -0.39 is 0 Å². The summed E-state index contributed by atoms with van der Waals surface area (Å²) in [4.78, 5) is 4.25. The van der Waals surface area contributed by atoms with Gasteiger partial charge in [-0.15, -0.1) is 0 Å². The van der Waals surface area contributed by atoms with Gasteiger partial charge in [0.1, 0.15) is 6.10 Å². The first-order valence-electron chi connectivity index (χ1n) is 4.25. The minimum Gasteiger partial charge on any atom is -0.370 e. The molecule has 3 nitrogen and oxygen atoms in total. The maximum absolute atomic E-state index is 5.56. The molecule has 1 aromatic heterocycles. The fraction of sp³-hybridized carbons (Fsp3) is 0.750. The standard InChI is InChI=1S/C8H13BrN2OS/c1-4-12-6(5(2)3)7-10-8(9)13-11-7/h5-6H,4H2,1-3H3. The van der Waals surface area contributed by atoms with Crippen LogP contribution in [0.15, 0.2) is 3.92 Å². The summed E-state index contributed by atoms with van der Waals surface area (Å²) in [6.45, 7) is 6.89. The molecule has 0 saturated carbocycles. The Bertz CT molecular complexity index is 264. The van der Waals surface area contributed by atoms with Crippen molar-refractivity contribution >= 4 is 27.5 Å². The molecule has 0 aliphatic rings. The Hall–Kier alpha value is -0.0000000000000000555. The third-order valence-electron chi connectivity index (χ3n) is 1.62. The van der Waals surface area contributed by atoms with Gasteiger partial charge in [0.2, 0.25) is 0 Å².